The molecule has 2 aromatic carbocycles. The summed E-state index contributed by atoms with van der Waals surface area (Å²) >= 11 is 0. The minimum atomic E-state index is -3.75. The van der Waals surface area contributed by atoms with Crippen molar-refractivity contribution in [3.8, 4) is 11.5 Å². The Bertz CT molecular complexity index is 991. The first kappa shape index (κ1) is 25.7. The van der Waals surface area contributed by atoms with Crippen LogP contribution in [0.2, 0.25) is 0 Å². The van der Waals surface area contributed by atoms with Gasteiger partial charge in [-0.2, -0.15) is 0 Å². The zero-order chi connectivity index (χ0) is 24.4. The lowest BCUT2D eigenvalue weighted by atomic mass is 10.3. The van der Waals surface area contributed by atoms with Crippen molar-refractivity contribution < 1.29 is 37.0 Å². The average molecular weight is 475 g/mol. The number of hydrogen-bond acceptors (Lipinski definition) is 8. The molecule has 33 heavy (non-hydrogen) atoms. The molecule has 0 saturated heterocycles. The fourth-order valence-electron chi connectivity index (χ4n) is 2.55. The number of sulfone groups is 1. The molecule has 9 heteroatoms. The van der Waals surface area contributed by atoms with Crippen LogP contribution in [-0.4, -0.2) is 45.8 Å². The molecule has 0 fully saturated rings. The molecular weight excluding hydrogens is 448 g/mol. The summed E-state index contributed by atoms with van der Waals surface area (Å²) < 4.78 is 46.8. The van der Waals surface area contributed by atoms with Crippen LogP contribution in [0.4, 0.5) is 0 Å². The second-order valence-corrected chi connectivity index (χ2v) is 8.92. The van der Waals surface area contributed by atoms with Crippen LogP contribution in [0.25, 0.3) is 0 Å². The summed E-state index contributed by atoms with van der Waals surface area (Å²) in [6.07, 6.45) is 1.15. The average Bonchev–Trinajstić information content (AvgIpc) is 2.81. The van der Waals surface area contributed by atoms with Crippen molar-refractivity contribution >= 4 is 21.8 Å². The van der Waals surface area contributed by atoms with E-state index in [-0.39, 0.29) is 23.0 Å². The fraction of sp³-hybridized carbons (Fsp3) is 0.250. The van der Waals surface area contributed by atoms with Gasteiger partial charge in [-0.15, -0.1) is 0 Å². The van der Waals surface area contributed by atoms with E-state index in [4.69, 9.17) is 18.9 Å². The largest absolute Gasteiger partial charge is 0.490 e. The Labute approximate surface area is 193 Å². The summed E-state index contributed by atoms with van der Waals surface area (Å²) in [4.78, 5) is 22.5. The molecule has 0 heterocycles. The monoisotopic (exact) mass is 474 g/mol. The van der Waals surface area contributed by atoms with Gasteiger partial charge in [-0.05, 0) is 62.4 Å². The molecule has 8 nitrogen and oxygen atoms in total. The van der Waals surface area contributed by atoms with E-state index < -0.39 is 34.0 Å². The minimum absolute atomic E-state index is 0.0969. The highest BCUT2D eigenvalue weighted by atomic mass is 32.2. The van der Waals surface area contributed by atoms with Gasteiger partial charge >= 0.3 is 11.9 Å². The molecule has 0 amide bonds. The molecule has 0 radical (unpaired) electrons. The smallest absolute Gasteiger partial charge is 0.330 e. The highest BCUT2D eigenvalue weighted by Gasteiger charge is 2.18. The second-order valence-electron chi connectivity index (χ2n) is 6.97. The third kappa shape index (κ3) is 7.80. The minimum Gasteiger partial charge on any atom is -0.490 e. The van der Waals surface area contributed by atoms with Gasteiger partial charge in [0.1, 0.15) is 36.9 Å². The van der Waals surface area contributed by atoms with Crippen LogP contribution in [0.15, 0.2) is 83.6 Å². The lowest BCUT2D eigenvalue weighted by Gasteiger charge is -2.14. The van der Waals surface area contributed by atoms with Crippen LogP contribution >= 0.6 is 0 Å². The fourth-order valence-corrected chi connectivity index (χ4v) is 3.82. The number of carbonyl (C=O) groups excluding carboxylic acids is 2. The molecule has 2 aromatic rings. The van der Waals surface area contributed by atoms with Crippen molar-refractivity contribution in [2.75, 3.05) is 13.2 Å². The van der Waals surface area contributed by atoms with E-state index >= 15 is 0 Å². The van der Waals surface area contributed by atoms with Crippen molar-refractivity contribution in [1.82, 2.24) is 0 Å². The standard InChI is InChI=1S/C24H26O8S/c1-5-23(25)31-17(3)15-29-19-7-11-21(12-8-19)33(27,28)22-13-9-20(10-14-22)30-16-18(4)32-24(26)6-2/h5-14,17-18H,1-2,15-16H2,3-4H3. The number of esters is 2. The Balaban J connectivity index is 1.97. The lowest BCUT2D eigenvalue weighted by Crippen LogP contribution is -2.20. The van der Waals surface area contributed by atoms with Gasteiger partial charge in [-0.25, -0.2) is 18.0 Å². The molecule has 2 unspecified atom stereocenters. The van der Waals surface area contributed by atoms with Gasteiger partial charge in [-0.3, -0.25) is 0 Å². The quantitative estimate of drug-likeness (QED) is 0.340. The van der Waals surface area contributed by atoms with Crippen LogP contribution in [0.5, 0.6) is 11.5 Å². The van der Waals surface area contributed by atoms with Gasteiger partial charge in [0, 0.05) is 12.2 Å². The predicted octanol–water partition coefficient (Wildman–Crippen LogP) is 3.51. The molecule has 0 aromatic heterocycles. The SMILES string of the molecule is C=CC(=O)OC(C)COc1ccc(S(=O)(=O)c2ccc(OCC(C)OC(=O)C=C)cc2)cc1. The Morgan fingerprint density at radius 2 is 1.09 bits per heavy atom. The Morgan fingerprint density at radius 1 is 0.758 bits per heavy atom. The van der Waals surface area contributed by atoms with Gasteiger partial charge in [0.2, 0.25) is 9.84 Å². The number of benzene rings is 2. The predicted molar refractivity (Wildman–Crippen MR) is 121 cm³/mol. The normalized spacial score (nSPS) is 12.7. The Kier molecular flexibility index (Phi) is 9.23. The highest BCUT2D eigenvalue weighted by Crippen LogP contribution is 2.25. The molecule has 0 aliphatic heterocycles. The summed E-state index contributed by atoms with van der Waals surface area (Å²) in [5.41, 5.74) is 0. The van der Waals surface area contributed by atoms with Gasteiger partial charge < -0.3 is 18.9 Å². The van der Waals surface area contributed by atoms with E-state index in [0.717, 1.165) is 12.2 Å². The first-order valence-electron chi connectivity index (χ1n) is 10.0. The summed E-state index contributed by atoms with van der Waals surface area (Å²) in [6, 6.07) is 11.8. The number of hydrogen-bond donors (Lipinski definition) is 0. The van der Waals surface area contributed by atoms with Crippen LogP contribution in [0.3, 0.4) is 0 Å². The molecule has 176 valence electrons. The van der Waals surface area contributed by atoms with E-state index in [1.807, 2.05) is 0 Å². The van der Waals surface area contributed by atoms with Crippen LogP contribution in [0.1, 0.15) is 13.8 Å². The number of ether oxygens (including phenoxy) is 4. The van der Waals surface area contributed by atoms with Crippen molar-refractivity contribution in [2.45, 2.75) is 35.8 Å². The second kappa shape index (κ2) is 11.9. The van der Waals surface area contributed by atoms with E-state index in [2.05, 4.69) is 13.2 Å². The van der Waals surface area contributed by atoms with Gasteiger partial charge in [0.25, 0.3) is 0 Å². The van der Waals surface area contributed by atoms with Crippen molar-refractivity contribution in [3.05, 3.63) is 73.8 Å². The van der Waals surface area contributed by atoms with E-state index in [1.165, 1.54) is 48.5 Å². The molecule has 0 spiro atoms. The highest BCUT2D eigenvalue weighted by molar-refractivity contribution is 7.91. The zero-order valence-electron chi connectivity index (χ0n) is 18.4. The van der Waals surface area contributed by atoms with Crippen molar-refractivity contribution in [1.29, 1.82) is 0 Å². The van der Waals surface area contributed by atoms with Gasteiger partial charge in [0.05, 0.1) is 9.79 Å². The third-order valence-corrected chi connectivity index (χ3v) is 5.99. The Hall–Kier alpha value is -3.59. The van der Waals surface area contributed by atoms with Crippen LogP contribution < -0.4 is 9.47 Å². The summed E-state index contributed by atoms with van der Waals surface area (Å²) in [5, 5.41) is 0. The van der Waals surface area contributed by atoms with E-state index in [9.17, 15) is 18.0 Å². The van der Waals surface area contributed by atoms with Gasteiger partial charge in [-0.1, -0.05) is 13.2 Å². The maximum atomic E-state index is 12.9. The summed E-state index contributed by atoms with van der Waals surface area (Å²) in [7, 11) is -3.75. The number of carbonyl (C=O) groups is 2. The topological polar surface area (TPSA) is 105 Å². The maximum absolute atomic E-state index is 12.9. The van der Waals surface area contributed by atoms with E-state index in [1.54, 1.807) is 13.8 Å². The zero-order valence-corrected chi connectivity index (χ0v) is 19.2. The summed E-state index contributed by atoms with van der Waals surface area (Å²) in [6.45, 7) is 10.2. The van der Waals surface area contributed by atoms with E-state index in [0.29, 0.717) is 11.5 Å². The molecule has 2 atom stereocenters. The molecule has 0 saturated carbocycles. The Morgan fingerprint density at radius 3 is 1.39 bits per heavy atom. The molecule has 0 bridgehead atoms. The van der Waals surface area contributed by atoms with Crippen molar-refractivity contribution in [2.24, 2.45) is 0 Å². The molecule has 0 aliphatic carbocycles. The van der Waals surface area contributed by atoms with Gasteiger partial charge in [0.15, 0.2) is 0 Å². The first-order valence-corrected chi connectivity index (χ1v) is 11.5. The number of rotatable bonds is 12. The first-order chi connectivity index (χ1) is 15.6. The molecule has 0 N–H and O–H groups in total. The third-order valence-electron chi connectivity index (χ3n) is 4.21. The van der Waals surface area contributed by atoms with Crippen LogP contribution in [0, 0.1) is 0 Å². The lowest BCUT2D eigenvalue weighted by molar-refractivity contribution is -0.144. The molecule has 0 aliphatic rings. The maximum Gasteiger partial charge on any atom is 0.330 e. The molecular formula is C24H26O8S. The van der Waals surface area contributed by atoms with Crippen molar-refractivity contribution in [3.63, 3.8) is 0 Å². The van der Waals surface area contributed by atoms with Crippen LogP contribution in [-0.2, 0) is 28.9 Å². The molecule has 2 rings (SSSR count). The summed E-state index contributed by atoms with van der Waals surface area (Å²) in [5.74, 6) is -0.222.